The number of aromatic nitrogens is 4. The molecule has 0 aliphatic carbocycles. The van der Waals surface area contributed by atoms with Crippen molar-refractivity contribution in [2.45, 2.75) is 0 Å². The van der Waals surface area contributed by atoms with E-state index in [2.05, 4.69) is 83.9 Å². The van der Waals surface area contributed by atoms with Crippen molar-refractivity contribution in [1.82, 2.24) is 19.1 Å². The molecule has 0 saturated heterocycles. The lowest BCUT2D eigenvalue weighted by Crippen LogP contribution is -1.95. The third kappa shape index (κ3) is 1.68. The van der Waals surface area contributed by atoms with Crippen molar-refractivity contribution in [2.75, 3.05) is 0 Å². The van der Waals surface area contributed by atoms with Gasteiger partial charge in [-0.15, -0.1) is 0 Å². The second-order valence-corrected chi connectivity index (χ2v) is 6.98. The summed E-state index contributed by atoms with van der Waals surface area (Å²) in [5.74, 6) is 1.96. The number of hydrogen-bond acceptors (Lipinski definition) is 2. The summed E-state index contributed by atoms with van der Waals surface area (Å²) in [7, 11) is 4.16. The fourth-order valence-corrected chi connectivity index (χ4v) is 4.07. The Morgan fingerprint density at radius 2 is 1.08 bits per heavy atom. The summed E-state index contributed by atoms with van der Waals surface area (Å²) >= 11 is 0. The van der Waals surface area contributed by atoms with Crippen molar-refractivity contribution in [3.8, 4) is 33.9 Å². The monoisotopic (exact) mass is 336 g/mol. The summed E-state index contributed by atoms with van der Waals surface area (Å²) in [6, 6.07) is 21.5. The van der Waals surface area contributed by atoms with Crippen LogP contribution in [0.5, 0.6) is 0 Å². The molecular weight excluding hydrogens is 320 g/mol. The lowest BCUT2D eigenvalue weighted by atomic mass is 10.0. The summed E-state index contributed by atoms with van der Waals surface area (Å²) in [5.41, 5.74) is 8.87. The number of hydrogen-bond donors (Lipinski definition) is 0. The molecule has 26 heavy (non-hydrogen) atoms. The molecule has 3 aromatic carbocycles. The van der Waals surface area contributed by atoms with Gasteiger partial charge in [0, 0.05) is 25.2 Å². The number of aryl methyl sites for hydroxylation is 2. The Balaban J connectivity index is 1.84. The minimum absolute atomic E-state index is 0.978. The molecule has 0 N–H and O–H groups in total. The largest absolute Gasteiger partial charge is 0.327 e. The van der Waals surface area contributed by atoms with Crippen LogP contribution in [0.1, 0.15) is 0 Å². The summed E-state index contributed by atoms with van der Waals surface area (Å²) in [6.45, 7) is 0. The van der Waals surface area contributed by atoms with Gasteiger partial charge in [0.1, 0.15) is 11.6 Å². The molecule has 0 amide bonds. The van der Waals surface area contributed by atoms with Crippen molar-refractivity contribution >= 4 is 22.1 Å². The lowest BCUT2D eigenvalue weighted by molar-refractivity contribution is 0.954. The number of imidazole rings is 2. The molecule has 1 aliphatic rings. The van der Waals surface area contributed by atoms with E-state index in [0.29, 0.717) is 0 Å². The average molecular weight is 336 g/mol. The van der Waals surface area contributed by atoms with Gasteiger partial charge in [-0.05, 0) is 41.5 Å². The van der Waals surface area contributed by atoms with Gasteiger partial charge in [-0.2, -0.15) is 0 Å². The standard InChI is InChI=1S/C22H16N4/c1-25-19-8-6-13-11-17(19)23-21(25)15-4-3-5-16(10-15)22-24-18-12-14(13)7-9-20(18)26(22)2/h3-12H,1-2H3. The minimum Gasteiger partial charge on any atom is -0.327 e. The molecule has 0 fully saturated rings. The highest BCUT2D eigenvalue weighted by molar-refractivity contribution is 5.90. The molecule has 8 bridgehead atoms. The van der Waals surface area contributed by atoms with Crippen molar-refractivity contribution < 1.29 is 0 Å². The normalized spacial score (nSPS) is 12.2. The van der Waals surface area contributed by atoms with Gasteiger partial charge in [-0.25, -0.2) is 9.97 Å². The zero-order valence-corrected chi connectivity index (χ0v) is 14.6. The number of benzene rings is 3. The van der Waals surface area contributed by atoms with Gasteiger partial charge in [0.25, 0.3) is 0 Å². The van der Waals surface area contributed by atoms with E-state index in [1.165, 1.54) is 11.1 Å². The van der Waals surface area contributed by atoms with Crippen LogP contribution in [-0.2, 0) is 14.1 Å². The van der Waals surface area contributed by atoms with Crippen LogP contribution < -0.4 is 0 Å². The van der Waals surface area contributed by atoms with E-state index in [0.717, 1.165) is 44.8 Å². The zero-order valence-electron chi connectivity index (χ0n) is 14.6. The quantitative estimate of drug-likeness (QED) is 0.400. The second-order valence-electron chi connectivity index (χ2n) is 6.98. The fourth-order valence-electron chi connectivity index (χ4n) is 4.07. The SMILES string of the molecule is Cn1c2nc3cc(ccc31)-c1ccc3c(c1)nc(n3C)-c1cccc-2c1. The Kier molecular flexibility index (Phi) is 2.45. The Bertz CT molecular complexity index is 1250. The first-order valence-electron chi connectivity index (χ1n) is 8.73. The Morgan fingerprint density at radius 3 is 1.58 bits per heavy atom. The molecule has 4 nitrogen and oxygen atoms in total. The Labute approximate surface area is 150 Å². The smallest absolute Gasteiger partial charge is 0.140 e. The van der Waals surface area contributed by atoms with Crippen molar-refractivity contribution in [1.29, 1.82) is 0 Å². The second kappa shape index (κ2) is 4.61. The maximum absolute atomic E-state index is 4.93. The van der Waals surface area contributed by atoms with E-state index in [1.807, 2.05) is 0 Å². The van der Waals surface area contributed by atoms with Crippen molar-refractivity contribution in [3.63, 3.8) is 0 Å². The van der Waals surface area contributed by atoms with Crippen molar-refractivity contribution in [3.05, 3.63) is 60.7 Å². The third-order valence-electron chi connectivity index (χ3n) is 5.47. The first-order chi connectivity index (χ1) is 12.7. The summed E-state index contributed by atoms with van der Waals surface area (Å²) < 4.78 is 4.33. The van der Waals surface area contributed by atoms with E-state index >= 15 is 0 Å². The fraction of sp³-hybridized carbons (Fsp3) is 0.0909. The molecular formula is C22H16N4. The molecule has 4 heteroatoms. The third-order valence-corrected chi connectivity index (χ3v) is 5.47. The molecule has 3 heterocycles. The molecule has 2 aromatic heterocycles. The minimum atomic E-state index is 0.978. The van der Waals surface area contributed by atoms with Crippen LogP contribution in [0, 0.1) is 0 Å². The molecule has 1 aliphatic heterocycles. The lowest BCUT2D eigenvalue weighted by Gasteiger charge is -2.06. The van der Waals surface area contributed by atoms with Gasteiger partial charge in [0.15, 0.2) is 0 Å². The van der Waals surface area contributed by atoms with Gasteiger partial charge in [-0.3, -0.25) is 0 Å². The van der Waals surface area contributed by atoms with Crippen molar-refractivity contribution in [2.24, 2.45) is 14.1 Å². The number of nitrogens with zero attached hydrogens (tertiary/aromatic N) is 4. The average Bonchev–Trinajstić information content (AvgIpc) is 3.18. The van der Waals surface area contributed by atoms with Gasteiger partial charge in [0.05, 0.1) is 22.1 Å². The maximum Gasteiger partial charge on any atom is 0.140 e. The van der Waals surface area contributed by atoms with Gasteiger partial charge in [-0.1, -0.05) is 30.3 Å². The highest BCUT2D eigenvalue weighted by Crippen LogP contribution is 2.33. The van der Waals surface area contributed by atoms with Gasteiger partial charge >= 0.3 is 0 Å². The zero-order chi connectivity index (χ0) is 17.4. The first-order valence-corrected chi connectivity index (χ1v) is 8.73. The molecule has 0 spiro atoms. The maximum atomic E-state index is 4.93. The van der Waals surface area contributed by atoms with Crippen LogP contribution in [-0.4, -0.2) is 19.1 Å². The molecule has 5 aromatic rings. The Hall–Kier alpha value is -3.40. The van der Waals surface area contributed by atoms with E-state index < -0.39 is 0 Å². The summed E-state index contributed by atoms with van der Waals surface area (Å²) in [6.07, 6.45) is 0. The molecule has 124 valence electrons. The summed E-state index contributed by atoms with van der Waals surface area (Å²) in [4.78, 5) is 9.86. The van der Waals surface area contributed by atoms with Crippen LogP contribution >= 0.6 is 0 Å². The van der Waals surface area contributed by atoms with Crippen LogP contribution in [0.25, 0.3) is 56.0 Å². The van der Waals surface area contributed by atoms with Crippen LogP contribution in [0.2, 0.25) is 0 Å². The van der Waals surface area contributed by atoms with Crippen LogP contribution in [0.4, 0.5) is 0 Å². The predicted molar refractivity (Wildman–Crippen MR) is 105 cm³/mol. The first kappa shape index (κ1) is 13.8. The highest BCUT2D eigenvalue weighted by Gasteiger charge is 2.16. The molecule has 0 unspecified atom stereocenters. The predicted octanol–water partition coefficient (Wildman–Crippen LogP) is 4.77. The van der Waals surface area contributed by atoms with E-state index in [-0.39, 0.29) is 0 Å². The van der Waals surface area contributed by atoms with Gasteiger partial charge < -0.3 is 9.13 Å². The molecule has 0 atom stereocenters. The molecule has 0 radical (unpaired) electrons. The topological polar surface area (TPSA) is 35.6 Å². The molecule has 0 saturated carbocycles. The Morgan fingerprint density at radius 1 is 0.577 bits per heavy atom. The van der Waals surface area contributed by atoms with E-state index in [1.54, 1.807) is 0 Å². The number of rotatable bonds is 0. The van der Waals surface area contributed by atoms with E-state index in [9.17, 15) is 0 Å². The molecule has 6 rings (SSSR count). The summed E-state index contributed by atoms with van der Waals surface area (Å²) in [5, 5.41) is 0. The number of fused-ring (bicyclic) bond motifs is 9. The van der Waals surface area contributed by atoms with Gasteiger partial charge in [0.2, 0.25) is 0 Å². The highest BCUT2D eigenvalue weighted by atomic mass is 15.1. The van der Waals surface area contributed by atoms with Crippen LogP contribution in [0.3, 0.4) is 0 Å². The van der Waals surface area contributed by atoms with E-state index in [4.69, 9.17) is 9.97 Å². The van der Waals surface area contributed by atoms with Crippen LogP contribution in [0.15, 0.2) is 60.7 Å².